The molecular weight excluding hydrogens is 322 g/mol. The number of amides is 1. The van der Waals surface area contributed by atoms with Crippen molar-refractivity contribution in [3.8, 4) is 10.6 Å². The second-order valence-electron chi connectivity index (χ2n) is 5.80. The van der Waals surface area contributed by atoms with Crippen LogP contribution in [0.1, 0.15) is 12.6 Å². The molecule has 1 amide bonds. The molecule has 1 aromatic heterocycles. The minimum atomic E-state index is 0.0940. The molecule has 24 heavy (non-hydrogen) atoms. The van der Waals surface area contributed by atoms with E-state index in [1.807, 2.05) is 30.0 Å². The molecule has 0 bridgehead atoms. The van der Waals surface area contributed by atoms with Crippen LogP contribution in [0.25, 0.3) is 10.6 Å². The van der Waals surface area contributed by atoms with Gasteiger partial charge in [0.1, 0.15) is 11.6 Å². The van der Waals surface area contributed by atoms with Crippen molar-refractivity contribution in [2.45, 2.75) is 13.5 Å². The minimum absolute atomic E-state index is 0.0940. The Labute approximate surface area is 146 Å². The van der Waals surface area contributed by atoms with Crippen LogP contribution in [0.3, 0.4) is 0 Å². The van der Waals surface area contributed by atoms with Crippen LogP contribution < -0.4 is 0 Å². The first-order valence-corrected chi connectivity index (χ1v) is 9.22. The third-order valence-electron chi connectivity index (χ3n) is 4.11. The summed E-state index contributed by atoms with van der Waals surface area (Å²) in [6.07, 6.45) is 0. The molecule has 128 valence electrons. The van der Waals surface area contributed by atoms with E-state index in [0.717, 1.165) is 43.4 Å². The summed E-state index contributed by atoms with van der Waals surface area (Å²) in [7, 11) is 0. The SMILES string of the molecule is CCOCC(=O)N1CCN(Cc2csc(-c3ccccc3)n2)CC1. The highest BCUT2D eigenvalue weighted by Crippen LogP contribution is 2.24. The first-order valence-electron chi connectivity index (χ1n) is 8.34. The Hall–Kier alpha value is -1.76. The van der Waals surface area contributed by atoms with Crippen LogP contribution in [-0.2, 0) is 16.1 Å². The van der Waals surface area contributed by atoms with Gasteiger partial charge in [0.25, 0.3) is 0 Å². The van der Waals surface area contributed by atoms with Crippen molar-refractivity contribution in [1.82, 2.24) is 14.8 Å². The second-order valence-corrected chi connectivity index (χ2v) is 6.66. The van der Waals surface area contributed by atoms with E-state index in [1.54, 1.807) is 11.3 Å². The monoisotopic (exact) mass is 345 g/mol. The highest BCUT2D eigenvalue weighted by Gasteiger charge is 2.21. The Balaban J connectivity index is 1.50. The zero-order valence-corrected chi connectivity index (χ0v) is 14.8. The number of nitrogens with zero attached hydrogens (tertiary/aromatic N) is 3. The number of hydrogen-bond donors (Lipinski definition) is 0. The fourth-order valence-electron chi connectivity index (χ4n) is 2.76. The van der Waals surface area contributed by atoms with Crippen LogP contribution in [0, 0.1) is 0 Å². The van der Waals surface area contributed by atoms with Crippen molar-refractivity contribution in [1.29, 1.82) is 0 Å². The Bertz CT molecular complexity index is 651. The van der Waals surface area contributed by atoms with Gasteiger partial charge >= 0.3 is 0 Å². The highest BCUT2D eigenvalue weighted by molar-refractivity contribution is 7.13. The van der Waals surface area contributed by atoms with Crippen molar-refractivity contribution >= 4 is 17.2 Å². The molecule has 0 aliphatic carbocycles. The molecule has 2 aromatic rings. The Morgan fingerprint density at radius 3 is 2.67 bits per heavy atom. The molecule has 0 saturated carbocycles. The summed E-state index contributed by atoms with van der Waals surface area (Å²) < 4.78 is 5.20. The number of thiazole rings is 1. The summed E-state index contributed by atoms with van der Waals surface area (Å²) in [6.45, 7) is 6.83. The Morgan fingerprint density at radius 1 is 1.21 bits per heavy atom. The van der Waals surface area contributed by atoms with Gasteiger partial charge in [-0.3, -0.25) is 9.69 Å². The van der Waals surface area contributed by atoms with Crippen LogP contribution in [-0.4, -0.2) is 60.1 Å². The van der Waals surface area contributed by atoms with Gasteiger partial charge < -0.3 is 9.64 Å². The maximum absolute atomic E-state index is 12.0. The zero-order valence-electron chi connectivity index (χ0n) is 14.0. The van der Waals surface area contributed by atoms with E-state index in [2.05, 4.69) is 22.4 Å². The lowest BCUT2D eigenvalue weighted by Crippen LogP contribution is -2.49. The number of aromatic nitrogens is 1. The summed E-state index contributed by atoms with van der Waals surface area (Å²) >= 11 is 1.69. The number of ether oxygens (including phenoxy) is 1. The number of carbonyl (C=O) groups excluding carboxylic acids is 1. The summed E-state index contributed by atoms with van der Waals surface area (Å²) in [6, 6.07) is 10.3. The average molecular weight is 345 g/mol. The average Bonchev–Trinajstić information content (AvgIpc) is 3.09. The van der Waals surface area contributed by atoms with Crippen molar-refractivity contribution in [2.24, 2.45) is 0 Å². The molecule has 1 fully saturated rings. The van der Waals surface area contributed by atoms with Crippen molar-refractivity contribution in [3.63, 3.8) is 0 Å². The van der Waals surface area contributed by atoms with E-state index in [4.69, 9.17) is 9.72 Å². The first-order chi connectivity index (χ1) is 11.8. The lowest BCUT2D eigenvalue weighted by Gasteiger charge is -2.34. The van der Waals surface area contributed by atoms with E-state index in [0.29, 0.717) is 6.61 Å². The topological polar surface area (TPSA) is 45.7 Å². The number of rotatable bonds is 6. The molecule has 6 heteroatoms. The van der Waals surface area contributed by atoms with Crippen molar-refractivity contribution in [3.05, 3.63) is 41.4 Å². The molecule has 1 saturated heterocycles. The van der Waals surface area contributed by atoms with E-state index >= 15 is 0 Å². The minimum Gasteiger partial charge on any atom is -0.372 e. The van der Waals surface area contributed by atoms with Crippen LogP contribution >= 0.6 is 11.3 Å². The van der Waals surface area contributed by atoms with Gasteiger partial charge in [-0.2, -0.15) is 0 Å². The summed E-state index contributed by atoms with van der Waals surface area (Å²) in [4.78, 5) is 20.9. The van der Waals surface area contributed by atoms with Gasteiger partial charge in [-0.1, -0.05) is 30.3 Å². The molecule has 0 N–H and O–H groups in total. The standard InChI is InChI=1S/C18H23N3O2S/c1-2-23-13-17(22)21-10-8-20(9-11-21)12-16-14-24-18(19-16)15-6-4-3-5-7-15/h3-7,14H,2,8-13H2,1H3. The number of carbonyl (C=O) groups is 1. The maximum Gasteiger partial charge on any atom is 0.248 e. The van der Waals surface area contributed by atoms with Crippen molar-refractivity contribution in [2.75, 3.05) is 39.4 Å². The smallest absolute Gasteiger partial charge is 0.248 e. The molecule has 0 unspecified atom stereocenters. The molecule has 0 atom stereocenters. The number of piperazine rings is 1. The fourth-order valence-corrected chi connectivity index (χ4v) is 3.58. The molecule has 1 aliphatic rings. The summed E-state index contributed by atoms with van der Waals surface area (Å²) in [5.41, 5.74) is 2.27. The quantitative estimate of drug-likeness (QED) is 0.807. The lowest BCUT2D eigenvalue weighted by molar-refractivity contribution is -0.137. The second kappa shape index (κ2) is 8.37. The largest absolute Gasteiger partial charge is 0.372 e. The van der Waals surface area contributed by atoms with Crippen LogP contribution in [0.15, 0.2) is 35.7 Å². The molecule has 1 aromatic carbocycles. The molecule has 1 aliphatic heterocycles. The van der Waals surface area contributed by atoms with E-state index in [1.165, 1.54) is 5.56 Å². The predicted octanol–water partition coefficient (Wildman–Crippen LogP) is 2.49. The molecule has 0 radical (unpaired) electrons. The lowest BCUT2D eigenvalue weighted by atomic mass is 10.2. The van der Waals surface area contributed by atoms with Crippen LogP contribution in [0.4, 0.5) is 0 Å². The molecule has 0 spiro atoms. The van der Waals surface area contributed by atoms with Gasteiger partial charge in [0, 0.05) is 50.3 Å². The predicted molar refractivity (Wildman–Crippen MR) is 95.9 cm³/mol. The number of hydrogen-bond acceptors (Lipinski definition) is 5. The Kier molecular flexibility index (Phi) is 5.96. The zero-order chi connectivity index (χ0) is 16.8. The summed E-state index contributed by atoms with van der Waals surface area (Å²) in [5, 5.41) is 3.20. The number of benzene rings is 1. The first kappa shape index (κ1) is 17.1. The van der Waals surface area contributed by atoms with Crippen LogP contribution in [0.2, 0.25) is 0 Å². The van der Waals surface area contributed by atoms with E-state index in [-0.39, 0.29) is 12.5 Å². The van der Waals surface area contributed by atoms with Gasteiger partial charge in [-0.25, -0.2) is 4.98 Å². The Morgan fingerprint density at radius 2 is 1.96 bits per heavy atom. The summed E-state index contributed by atoms with van der Waals surface area (Å²) in [5.74, 6) is 0.0940. The van der Waals surface area contributed by atoms with Gasteiger partial charge in [0.05, 0.1) is 5.69 Å². The van der Waals surface area contributed by atoms with Crippen molar-refractivity contribution < 1.29 is 9.53 Å². The van der Waals surface area contributed by atoms with Gasteiger partial charge in [0.15, 0.2) is 0 Å². The van der Waals surface area contributed by atoms with Gasteiger partial charge in [0.2, 0.25) is 5.91 Å². The van der Waals surface area contributed by atoms with Crippen LogP contribution in [0.5, 0.6) is 0 Å². The molecule has 5 nitrogen and oxygen atoms in total. The van der Waals surface area contributed by atoms with E-state index < -0.39 is 0 Å². The van der Waals surface area contributed by atoms with Gasteiger partial charge in [-0.15, -0.1) is 11.3 Å². The normalized spacial score (nSPS) is 15.6. The maximum atomic E-state index is 12.0. The van der Waals surface area contributed by atoms with E-state index in [9.17, 15) is 4.79 Å². The highest BCUT2D eigenvalue weighted by atomic mass is 32.1. The molecule has 3 rings (SSSR count). The third-order valence-corrected chi connectivity index (χ3v) is 5.05. The van der Waals surface area contributed by atoms with Gasteiger partial charge in [-0.05, 0) is 6.92 Å². The molecule has 2 heterocycles. The fraction of sp³-hybridized carbons (Fsp3) is 0.444. The third kappa shape index (κ3) is 4.41. The molecular formula is C18H23N3O2S.